The number of fused-ring (bicyclic) bond motifs is 1. The SMILES string of the molecule is CCn1cc(C(C)(C)C(=O)O)c2ccc(OC)cc21. The number of nitrogens with zero attached hydrogens (tertiary/aromatic N) is 1. The van der Waals surface area contributed by atoms with E-state index in [1.807, 2.05) is 31.3 Å². The second-order valence-electron chi connectivity index (χ2n) is 5.14. The van der Waals surface area contributed by atoms with Crippen LogP contribution in [0, 0.1) is 0 Å². The van der Waals surface area contributed by atoms with Crippen LogP contribution in [-0.4, -0.2) is 22.8 Å². The van der Waals surface area contributed by atoms with E-state index in [0.29, 0.717) is 0 Å². The number of aliphatic carboxylic acids is 1. The average Bonchev–Trinajstić information content (AvgIpc) is 2.76. The maximum absolute atomic E-state index is 11.5. The summed E-state index contributed by atoms with van der Waals surface area (Å²) >= 11 is 0. The Morgan fingerprint density at radius 3 is 2.63 bits per heavy atom. The topological polar surface area (TPSA) is 51.5 Å². The van der Waals surface area contributed by atoms with E-state index in [0.717, 1.165) is 28.8 Å². The molecule has 0 unspecified atom stereocenters. The number of rotatable bonds is 4. The first-order chi connectivity index (χ1) is 8.91. The molecule has 102 valence electrons. The van der Waals surface area contributed by atoms with Crippen LogP contribution < -0.4 is 4.74 Å². The van der Waals surface area contributed by atoms with Crippen molar-refractivity contribution in [3.8, 4) is 5.75 Å². The fourth-order valence-corrected chi connectivity index (χ4v) is 2.27. The molecule has 1 N–H and O–H groups in total. The van der Waals surface area contributed by atoms with Crippen molar-refractivity contribution in [2.75, 3.05) is 7.11 Å². The summed E-state index contributed by atoms with van der Waals surface area (Å²) in [6.07, 6.45) is 1.93. The van der Waals surface area contributed by atoms with Gasteiger partial charge in [0.05, 0.1) is 18.0 Å². The monoisotopic (exact) mass is 261 g/mol. The zero-order chi connectivity index (χ0) is 14.2. The van der Waals surface area contributed by atoms with Crippen molar-refractivity contribution in [1.29, 1.82) is 0 Å². The van der Waals surface area contributed by atoms with Crippen molar-refractivity contribution < 1.29 is 14.6 Å². The molecule has 2 rings (SSSR count). The molecule has 1 aromatic carbocycles. The van der Waals surface area contributed by atoms with E-state index in [1.165, 1.54) is 0 Å². The number of ether oxygens (including phenoxy) is 1. The van der Waals surface area contributed by atoms with Crippen molar-refractivity contribution in [3.05, 3.63) is 30.0 Å². The zero-order valence-electron chi connectivity index (χ0n) is 11.7. The third-order valence-electron chi connectivity index (χ3n) is 3.64. The van der Waals surface area contributed by atoms with E-state index < -0.39 is 11.4 Å². The number of hydrogen-bond acceptors (Lipinski definition) is 2. The number of aryl methyl sites for hydroxylation is 1. The Hall–Kier alpha value is -1.97. The molecular weight excluding hydrogens is 242 g/mol. The van der Waals surface area contributed by atoms with Crippen LogP contribution in [0.5, 0.6) is 5.75 Å². The minimum Gasteiger partial charge on any atom is -0.497 e. The van der Waals surface area contributed by atoms with Crippen LogP contribution in [0.3, 0.4) is 0 Å². The van der Waals surface area contributed by atoms with Crippen LogP contribution in [0.4, 0.5) is 0 Å². The number of carboxylic acid groups (broad SMARTS) is 1. The molecule has 1 aromatic heterocycles. The summed E-state index contributed by atoms with van der Waals surface area (Å²) in [6.45, 7) is 6.29. The van der Waals surface area contributed by atoms with Crippen LogP contribution in [-0.2, 0) is 16.8 Å². The smallest absolute Gasteiger partial charge is 0.313 e. The van der Waals surface area contributed by atoms with Gasteiger partial charge >= 0.3 is 5.97 Å². The summed E-state index contributed by atoms with van der Waals surface area (Å²) in [5.74, 6) is -0.0431. The molecule has 0 spiro atoms. The number of carbonyl (C=O) groups is 1. The summed E-state index contributed by atoms with van der Waals surface area (Å²) in [7, 11) is 1.63. The number of carboxylic acids is 1. The Morgan fingerprint density at radius 2 is 2.11 bits per heavy atom. The lowest BCUT2D eigenvalue weighted by atomic mass is 9.84. The normalized spacial score (nSPS) is 11.8. The molecule has 0 bridgehead atoms. The number of aromatic nitrogens is 1. The first-order valence-corrected chi connectivity index (χ1v) is 6.32. The van der Waals surface area contributed by atoms with E-state index in [4.69, 9.17) is 4.74 Å². The van der Waals surface area contributed by atoms with E-state index in [9.17, 15) is 9.90 Å². The molecular formula is C15H19NO3. The Morgan fingerprint density at radius 1 is 1.42 bits per heavy atom. The molecule has 0 saturated carbocycles. The summed E-state index contributed by atoms with van der Waals surface area (Å²) < 4.78 is 7.29. The highest BCUT2D eigenvalue weighted by molar-refractivity contribution is 5.92. The summed E-state index contributed by atoms with van der Waals surface area (Å²) in [5, 5.41) is 10.4. The fourth-order valence-electron chi connectivity index (χ4n) is 2.27. The van der Waals surface area contributed by atoms with Gasteiger partial charge in [-0.3, -0.25) is 4.79 Å². The quantitative estimate of drug-likeness (QED) is 0.920. The molecule has 0 fully saturated rings. The van der Waals surface area contributed by atoms with Crippen molar-refractivity contribution >= 4 is 16.9 Å². The predicted molar refractivity (Wildman–Crippen MR) is 74.8 cm³/mol. The van der Waals surface area contributed by atoms with Gasteiger partial charge in [0.15, 0.2) is 0 Å². The van der Waals surface area contributed by atoms with Gasteiger partial charge in [-0.15, -0.1) is 0 Å². The van der Waals surface area contributed by atoms with Gasteiger partial charge in [0.1, 0.15) is 5.75 Å². The summed E-state index contributed by atoms with van der Waals surface area (Å²) in [6, 6.07) is 5.74. The molecule has 4 heteroatoms. The third kappa shape index (κ3) is 2.07. The Bertz CT molecular complexity index is 626. The van der Waals surface area contributed by atoms with Crippen LogP contribution in [0.15, 0.2) is 24.4 Å². The van der Waals surface area contributed by atoms with Crippen LogP contribution in [0.1, 0.15) is 26.3 Å². The van der Waals surface area contributed by atoms with Crippen molar-refractivity contribution in [3.63, 3.8) is 0 Å². The zero-order valence-corrected chi connectivity index (χ0v) is 11.7. The molecule has 2 aromatic rings. The highest BCUT2D eigenvalue weighted by Gasteiger charge is 2.32. The maximum Gasteiger partial charge on any atom is 0.313 e. The molecule has 0 atom stereocenters. The first-order valence-electron chi connectivity index (χ1n) is 6.32. The molecule has 1 heterocycles. The van der Waals surface area contributed by atoms with Gasteiger partial charge in [-0.1, -0.05) is 0 Å². The molecule has 0 saturated heterocycles. The lowest BCUT2D eigenvalue weighted by Gasteiger charge is -2.18. The largest absolute Gasteiger partial charge is 0.497 e. The predicted octanol–water partition coefficient (Wildman–Crippen LogP) is 3.03. The minimum atomic E-state index is -0.909. The summed E-state index contributed by atoms with van der Waals surface area (Å²) in [5.41, 5.74) is 0.929. The standard InChI is InChI=1S/C15H19NO3/c1-5-16-9-12(15(2,3)14(17)18)11-7-6-10(19-4)8-13(11)16/h6-9H,5H2,1-4H3,(H,17,18). The minimum absolute atomic E-state index is 0.778. The van der Waals surface area contributed by atoms with Crippen molar-refractivity contribution in [2.24, 2.45) is 0 Å². The highest BCUT2D eigenvalue weighted by atomic mass is 16.5. The fraction of sp³-hybridized carbons (Fsp3) is 0.400. The van der Waals surface area contributed by atoms with Gasteiger partial charge in [0.25, 0.3) is 0 Å². The molecule has 0 aliphatic carbocycles. The molecule has 0 amide bonds. The first kappa shape index (κ1) is 13.5. The van der Waals surface area contributed by atoms with E-state index in [-0.39, 0.29) is 0 Å². The van der Waals surface area contributed by atoms with Gasteiger partial charge in [-0.25, -0.2) is 0 Å². The van der Waals surface area contributed by atoms with Gasteiger partial charge in [-0.2, -0.15) is 0 Å². The van der Waals surface area contributed by atoms with Crippen LogP contribution in [0.25, 0.3) is 10.9 Å². The van der Waals surface area contributed by atoms with E-state index in [1.54, 1.807) is 21.0 Å². The molecule has 0 aliphatic rings. The second kappa shape index (κ2) is 4.61. The van der Waals surface area contributed by atoms with Gasteiger partial charge in [0, 0.05) is 24.2 Å². The third-order valence-corrected chi connectivity index (χ3v) is 3.64. The van der Waals surface area contributed by atoms with Gasteiger partial charge in [-0.05, 0) is 38.5 Å². The summed E-state index contributed by atoms with van der Waals surface area (Å²) in [4.78, 5) is 11.5. The average molecular weight is 261 g/mol. The molecule has 19 heavy (non-hydrogen) atoms. The van der Waals surface area contributed by atoms with E-state index >= 15 is 0 Å². The Kier molecular flexibility index (Phi) is 3.27. The van der Waals surface area contributed by atoms with Crippen molar-refractivity contribution in [2.45, 2.75) is 32.7 Å². The molecule has 4 nitrogen and oxygen atoms in total. The van der Waals surface area contributed by atoms with Crippen LogP contribution in [0.2, 0.25) is 0 Å². The van der Waals surface area contributed by atoms with Gasteiger partial charge in [0.2, 0.25) is 0 Å². The lowest BCUT2D eigenvalue weighted by Crippen LogP contribution is -2.28. The molecule has 0 radical (unpaired) electrons. The van der Waals surface area contributed by atoms with Crippen molar-refractivity contribution in [1.82, 2.24) is 4.57 Å². The second-order valence-corrected chi connectivity index (χ2v) is 5.14. The number of benzene rings is 1. The number of hydrogen-bond donors (Lipinski definition) is 1. The highest BCUT2D eigenvalue weighted by Crippen LogP contribution is 2.34. The van der Waals surface area contributed by atoms with Crippen LogP contribution >= 0.6 is 0 Å². The molecule has 0 aliphatic heterocycles. The van der Waals surface area contributed by atoms with E-state index in [2.05, 4.69) is 4.57 Å². The van der Waals surface area contributed by atoms with Gasteiger partial charge < -0.3 is 14.4 Å². The Labute approximate surface area is 112 Å². The number of methoxy groups -OCH3 is 1. The Balaban J connectivity index is 2.74. The lowest BCUT2D eigenvalue weighted by molar-refractivity contribution is -0.142. The maximum atomic E-state index is 11.5.